The van der Waals surface area contributed by atoms with Crippen LogP contribution in [0.3, 0.4) is 0 Å². The quantitative estimate of drug-likeness (QED) is 0.917. The average molecular weight is 358 g/mol. The van der Waals surface area contributed by atoms with Crippen molar-refractivity contribution in [2.75, 3.05) is 30.4 Å². The minimum absolute atomic E-state index is 0.0854. The van der Waals surface area contributed by atoms with E-state index >= 15 is 0 Å². The molecule has 0 unspecified atom stereocenters. The lowest BCUT2D eigenvalue weighted by Gasteiger charge is -2.21. The van der Waals surface area contributed by atoms with E-state index in [1.54, 1.807) is 55.6 Å². The Morgan fingerprint density at radius 2 is 1.92 bits per heavy atom. The van der Waals surface area contributed by atoms with Gasteiger partial charge in [-0.1, -0.05) is 29.8 Å². The second kappa shape index (κ2) is 6.94. The van der Waals surface area contributed by atoms with E-state index in [4.69, 9.17) is 11.6 Å². The third kappa shape index (κ3) is 3.64. The summed E-state index contributed by atoms with van der Waals surface area (Å²) in [5.74, 6) is -0.939. The molecule has 2 aromatic carbocycles. The van der Waals surface area contributed by atoms with Crippen molar-refractivity contribution in [3.63, 3.8) is 0 Å². The molecule has 1 aliphatic rings. The Kier molecular flexibility index (Phi) is 4.72. The molecule has 0 saturated carbocycles. The summed E-state index contributed by atoms with van der Waals surface area (Å²) in [7, 11) is 1.56. The molecule has 3 rings (SSSR count). The van der Waals surface area contributed by atoms with Crippen molar-refractivity contribution in [2.45, 2.75) is 0 Å². The lowest BCUT2D eigenvalue weighted by Crippen LogP contribution is -2.41. The van der Waals surface area contributed by atoms with Crippen molar-refractivity contribution in [2.24, 2.45) is 0 Å². The highest BCUT2D eigenvalue weighted by atomic mass is 35.5. The second-order valence-corrected chi connectivity index (χ2v) is 6.15. The Morgan fingerprint density at radius 3 is 2.68 bits per heavy atom. The molecule has 0 atom stereocenters. The number of nitrogens with zero attached hydrogens (tertiary/aromatic N) is 2. The highest BCUT2D eigenvalue weighted by Crippen LogP contribution is 2.25. The molecule has 1 aliphatic heterocycles. The van der Waals surface area contributed by atoms with Gasteiger partial charge in [-0.3, -0.25) is 14.4 Å². The van der Waals surface area contributed by atoms with Crippen LogP contribution in [0.25, 0.3) is 0 Å². The van der Waals surface area contributed by atoms with Crippen LogP contribution in [0.5, 0.6) is 0 Å². The maximum absolute atomic E-state index is 12.5. The van der Waals surface area contributed by atoms with E-state index in [1.807, 2.05) is 0 Å². The molecule has 0 saturated heterocycles. The fraction of sp³-hybridized carbons (Fsp3) is 0.167. The minimum Gasteiger partial charge on any atom is -0.332 e. The van der Waals surface area contributed by atoms with Crippen molar-refractivity contribution in [1.82, 2.24) is 4.90 Å². The zero-order valence-electron chi connectivity index (χ0n) is 13.5. The molecule has 0 radical (unpaired) electrons. The maximum Gasteiger partial charge on any atom is 0.256 e. The van der Waals surface area contributed by atoms with Crippen LogP contribution in [0, 0.1) is 0 Å². The van der Waals surface area contributed by atoms with Gasteiger partial charge in [0.1, 0.15) is 13.1 Å². The van der Waals surface area contributed by atoms with Crippen LogP contribution in [-0.2, 0) is 9.59 Å². The Labute approximate surface area is 150 Å². The first kappa shape index (κ1) is 17.0. The van der Waals surface area contributed by atoms with E-state index in [9.17, 15) is 14.4 Å². The number of para-hydroxylation sites is 1. The monoisotopic (exact) mass is 357 g/mol. The highest BCUT2D eigenvalue weighted by Gasteiger charge is 2.30. The summed E-state index contributed by atoms with van der Waals surface area (Å²) in [6, 6.07) is 13.5. The second-order valence-electron chi connectivity index (χ2n) is 5.72. The Morgan fingerprint density at radius 1 is 1.16 bits per heavy atom. The zero-order chi connectivity index (χ0) is 18.0. The first-order valence-electron chi connectivity index (χ1n) is 7.66. The van der Waals surface area contributed by atoms with Crippen LogP contribution in [0.15, 0.2) is 48.5 Å². The minimum atomic E-state index is -0.373. The predicted octanol–water partition coefficient (Wildman–Crippen LogP) is 2.40. The standard InChI is InChI=1S/C18H16ClN3O3/c1-21-11-17(24)22(15-8-3-2-7-14(15)18(21)25)10-16(23)20-13-6-4-5-12(19)9-13/h2-9H,10-11H2,1H3,(H,20,23). The molecule has 6 nitrogen and oxygen atoms in total. The molecule has 2 aromatic rings. The number of amides is 3. The number of benzene rings is 2. The molecule has 0 bridgehead atoms. The van der Waals surface area contributed by atoms with E-state index in [2.05, 4.69) is 5.32 Å². The van der Waals surface area contributed by atoms with Gasteiger partial charge in [0.05, 0.1) is 11.3 Å². The molecule has 0 aromatic heterocycles. The smallest absolute Gasteiger partial charge is 0.256 e. The number of rotatable bonds is 3. The van der Waals surface area contributed by atoms with Gasteiger partial charge in [-0.15, -0.1) is 0 Å². The van der Waals surface area contributed by atoms with E-state index in [1.165, 1.54) is 9.80 Å². The highest BCUT2D eigenvalue weighted by molar-refractivity contribution is 6.30. The normalized spacial score (nSPS) is 14.2. The number of carbonyl (C=O) groups excluding carboxylic acids is 3. The number of halogens is 1. The molecular formula is C18H16ClN3O3. The molecule has 1 N–H and O–H groups in total. The van der Waals surface area contributed by atoms with Gasteiger partial charge >= 0.3 is 0 Å². The van der Waals surface area contributed by atoms with Gasteiger partial charge in [-0.25, -0.2) is 0 Å². The summed E-state index contributed by atoms with van der Waals surface area (Å²) in [6.45, 7) is -0.276. The molecular weight excluding hydrogens is 342 g/mol. The summed E-state index contributed by atoms with van der Waals surface area (Å²) >= 11 is 5.91. The van der Waals surface area contributed by atoms with Crippen LogP contribution >= 0.6 is 11.6 Å². The lowest BCUT2D eigenvalue weighted by molar-refractivity contribution is -0.121. The van der Waals surface area contributed by atoms with Crippen LogP contribution in [0.2, 0.25) is 5.02 Å². The predicted molar refractivity (Wildman–Crippen MR) is 95.8 cm³/mol. The van der Waals surface area contributed by atoms with Crippen molar-refractivity contribution < 1.29 is 14.4 Å². The third-order valence-corrected chi connectivity index (χ3v) is 4.09. The number of nitrogens with one attached hydrogen (secondary N) is 1. The molecule has 1 heterocycles. The topological polar surface area (TPSA) is 69.7 Å². The first-order chi connectivity index (χ1) is 12.0. The summed E-state index contributed by atoms with van der Waals surface area (Å²) in [5.41, 5.74) is 1.37. The number of anilines is 2. The van der Waals surface area contributed by atoms with E-state index in [0.29, 0.717) is 22.0 Å². The number of fused-ring (bicyclic) bond motifs is 1. The fourth-order valence-corrected chi connectivity index (χ4v) is 2.86. The van der Waals surface area contributed by atoms with Crippen molar-refractivity contribution in [1.29, 1.82) is 0 Å². The van der Waals surface area contributed by atoms with Gasteiger partial charge in [0.15, 0.2) is 0 Å². The molecule has 0 fully saturated rings. The fourth-order valence-electron chi connectivity index (χ4n) is 2.67. The lowest BCUT2D eigenvalue weighted by atomic mass is 10.1. The number of hydrogen-bond acceptors (Lipinski definition) is 3. The summed E-state index contributed by atoms with van der Waals surface area (Å²) < 4.78 is 0. The van der Waals surface area contributed by atoms with Crippen LogP contribution in [0.1, 0.15) is 10.4 Å². The Hall–Kier alpha value is -2.86. The van der Waals surface area contributed by atoms with Gasteiger partial charge in [-0.05, 0) is 30.3 Å². The van der Waals surface area contributed by atoms with Crippen LogP contribution < -0.4 is 10.2 Å². The maximum atomic E-state index is 12.5. The molecule has 128 valence electrons. The summed E-state index contributed by atoms with van der Waals surface area (Å²) in [6.07, 6.45) is 0. The van der Waals surface area contributed by atoms with E-state index < -0.39 is 0 Å². The number of hydrogen-bond donors (Lipinski definition) is 1. The summed E-state index contributed by atoms with van der Waals surface area (Å²) in [4.78, 5) is 39.9. The van der Waals surface area contributed by atoms with Crippen molar-refractivity contribution in [3.05, 3.63) is 59.1 Å². The van der Waals surface area contributed by atoms with Crippen LogP contribution in [-0.4, -0.2) is 42.8 Å². The SMILES string of the molecule is CN1CC(=O)N(CC(=O)Nc2cccc(Cl)c2)c2ccccc2C1=O. The summed E-state index contributed by atoms with van der Waals surface area (Å²) in [5, 5.41) is 3.21. The van der Waals surface area contributed by atoms with Crippen molar-refractivity contribution >= 4 is 40.7 Å². The molecule has 3 amide bonds. The zero-order valence-corrected chi connectivity index (χ0v) is 14.3. The average Bonchev–Trinajstić information content (AvgIpc) is 2.66. The molecule has 7 heteroatoms. The van der Waals surface area contributed by atoms with Gasteiger partial charge in [-0.2, -0.15) is 0 Å². The van der Waals surface area contributed by atoms with Gasteiger partial charge in [0, 0.05) is 17.8 Å². The largest absolute Gasteiger partial charge is 0.332 e. The van der Waals surface area contributed by atoms with Gasteiger partial charge < -0.3 is 15.1 Å². The number of carbonyl (C=O) groups is 3. The van der Waals surface area contributed by atoms with Gasteiger partial charge in [0.25, 0.3) is 5.91 Å². The van der Waals surface area contributed by atoms with Crippen LogP contribution in [0.4, 0.5) is 11.4 Å². The molecule has 25 heavy (non-hydrogen) atoms. The van der Waals surface area contributed by atoms with Gasteiger partial charge in [0.2, 0.25) is 11.8 Å². The van der Waals surface area contributed by atoms with Crippen molar-refractivity contribution in [3.8, 4) is 0 Å². The van der Waals surface area contributed by atoms with E-state index in [0.717, 1.165) is 0 Å². The third-order valence-electron chi connectivity index (χ3n) is 3.86. The van der Waals surface area contributed by atoms with E-state index in [-0.39, 0.29) is 30.8 Å². The molecule has 0 spiro atoms. The Bertz CT molecular complexity index is 853. The Balaban J connectivity index is 1.85. The first-order valence-corrected chi connectivity index (χ1v) is 8.04. The molecule has 0 aliphatic carbocycles. The number of likely N-dealkylation sites (N-methyl/N-ethyl adjacent to an activating group) is 1.